The molecule has 0 aliphatic carbocycles. The number of amides is 1. The minimum absolute atomic E-state index is 0.0793. The summed E-state index contributed by atoms with van der Waals surface area (Å²) in [5, 5.41) is 4.01. The number of hydrogen-bond donors (Lipinski definition) is 1. The number of pyridine rings is 1. The van der Waals surface area contributed by atoms with Crippen LogP contribution in [0, 0.1) is 0 Å². The van der Waals surface area contributed by atoms with Crippen LogP contribution in [0.4, 0.5) is 5.69 Å². The number of nitrogens with one attached hydrogen (secondary N) is 1. The molecule has 1 amide bonds. The van der Waals surface area contributed by atoms with Crippen LogP contribution in [0.1, 0.15) is 6.42 Å². The highest BCUT2D eigenvalue weighted by atomic mass is 32.2. The predicted octanol–water partition coefficient (Wildman–Crippen LogP) is 2.45. The molecule has 0 radical (unpaired) electrons. The lowest BCUT2D eigenvalue weighted by Crippen LogP contribution is -2.20. The number of para-hydroxylation sites is 1. The number of rotatable bonds is 5. The van der Waals surface area contributed by atoms with E-state index in [2.05, 4.69) is 15.3 Å². The third kappa shape index (κ3) is 3.62. The molecule has 0 aliphatic heterocycles. The summed E-state index contributed by atoms with van der Waals surface area (Å²) in [6.45, 7) is 0. The molecule has 6 nitrogen and oxygen atoms in total. The molecule has 3 rings (SSSR count). The third-order valence-electron chi connectivity index (χ3n) is 3.47. The average molecular weight is 340 g/mol. The van der Waals surface area contributed by atoms with Crippen molar-refractivity contribution in [3.63, 3.8) is 0 Å². The molecule has 0 bridgehead atoms. The Morgan fingerprint density at radius 3 is 2.75 bits per heavy atom. The molecular weight excluding hydrogens is 324 g/mol. The highest BCUT2D eigenvalue weighted by molar-refractivity contribution is 7.99. The molecule has 2 aromatic heterocycles. The van der Waals surface area contributed by atoms with Crippen molar-refractivity contribution in [1.82, 2.24) is 14.5 Å². The van der Waals surface area contributed by atoms with Crippen LogP contribution in [0.2, 0.25) is 0 Å². The van der Waals surface area contributed by atoms with Gasteiger partial charge < -0.3 is 5.32 Å². The summed E-state index contributed by atoms with van der Waals surface area (Å²) in [5.41, 5.74) is 1.31. The number of anilines is 1. The van der Waals surface area contributed by atoms with Gasteiger partial charge in [-0.25, -0.2) is 4.98 Å². The first-order chi connectivity index (χ1) is 11.6. The first-order valence-electron chi connectivity index (χ1n) is 7.43. The lowest BCUT2D eigenvalue weighted by atomic mass is 10.2. The fourth-order valence-electron chi connectivity index (χ4n) is 2.22. The van der Waals surface area contributed by atoms with Crippen LogP contribution in [0.25, 0.3) is 10.9 Å². The van der Waals surface area contributed by atoms with E-state index in [-0.39, 0.29) is 11.5 Å². The van der Waals surface area contributed by atoms with Crippen LogP contribution < -0.4 is 10.9 Å². The molecule has 0 saturated carbocycles. The second kappa shape index (κ2) is 7.27. The molecule has 1 aromatic carbocycles. The Morgan fingerprint density at radius 2 is 1.96 bits per heavy atom. The fourth-order valence-corrected chi connectivity index (χ4v) is 3.13. The summed E-state index contributed by atoms with van der Waals surface area (Å²) in [6, 6.07) is 10.7. The predicted molar refractivity (Wildman–Crippen MR) is 95.2 cm³/mol. The standard InChI is InChI=1S/C17H16N4O2S/c1-21-16(23)13-4-2-3-5-14(13)20-17(21)24-11-8-15(22)19-12-6-9-18-10-7-12/h2-7,9-10H,8,11H2,1H3,(H,18,19,22). The van der Waals surface area contributed by atoms with Gasteiger partial charge in [-0.2, -0.15) is 0 Å². The molecule has 1 N–H and O–H groups in total. The molecule has 0 spiro atoms. The molecule has 24 heavy (non-hydrogen) atoms. The Hall–Kier alpha value is -2.67. The molecule has 122 valence electrons. The molecule has 0 unspecified atom stereocenters. The normalized spacial score (nSPS) is 10.7. The molecule has 0 aliphatic rings. The minimum Gasteiger partial charge on any atom is -0.326 e. The van der Waals surface area contributed by atoms with Gasteiger partial charge in [0.25, 0.3) is 5.56 Å². The summed E-state index contributed by atoms with van der Waals surface area (Å²) in [5.74, 6) is 0.453. The third-order valence-corrected chi connectivity index (χ3v) is 4.50. The van der Waals surface area contributed by atoms with Crippen molar-refractivity contribution in [2.75, 3.05) is 11.1 Å². The maximum absolute atomic E-state index is 12.3. The summed E-state index contributed by atoms with van der Waals surface area (Å²) in [4.78, 5) is 32.6. The smallest absolute Gasteiger partial charge is 0.261 e. The van der Waals surface area contributed by atoms with Gasteiger partial charge in [0.1, 0.15) is 0 Å². The Morgan fingerprint density at radius 1 is 1.21 bits per heavy atom. The van der Waals surface area contributed by atoms with Crippen molar-refractivity contribution in [3.05, 3.63) is 59.1 Å². The zero-order valence-electron chi connectivity index (χ0n) is 13.1. The van der Waals surface area contributed by atoms with Crippen molar-refractivity contribution in [1.29, 1.82) is 0 Å². The molecule has 3 aromatic rings. The Labute approximate surface area is 142 Å². The molecule has 7 heteroatoms. The van der Waals surface area contributed by atoms with Gasteiger partial charge in [-0.05, 0) is 24.3 Å². The lowest BCUT2D eigenvalue weighted by molar-refractivity contribution is -0.115. The van der Waals surface area contributed by atoms with Gasteiger partial charge >= 0.3 is 0 Å². The van der Waals surface area contributed by atoms with Crippen LogP contribution in [-0.4, -0.2) is 26.2 Å². The SMILES string of the molecule is Cn1c(SCCC(=O)Nc2ccncc2)nc2ccccc2c1=O. The van der Waals surface area contributed by atoms with Crippen LogP contribution in [-0.2, 0) is 11.8 Å². The summed E-state index contributed by atoms with van der Waals surface area (Å²) < 4.78 is 1.52. The number of aromatic nitrogens is 3. The Bertz CT molecular complexity index is 925. The Balaban J connectivity index is 1.65. The summed E-state index contributed by atoms with van der Waals surface area (Å²) >= 11 is 1.39. The number of thioether (sulfide) groups is 1. The Kier molecular flexibility index (Phi) is 4.90. The first-order valence-corrected chi connectivity index (χ1v) is 8.42. The van der Waals surface area contributed by atoms with E-state index >= 15 is 0 Å². The van der Waals surface area contributed by atoms with Crippen LogP contribution in [0.5, 0.6) is 0 Å². The van der Waals surface area contributed by atoms with Crippen molar-refractivity contribution in [3.8, 4) is 0 Å². The number of nitrogens with zero attached hydrogens (tertiary/aromatic N) is 3. The van der Waals surface area contributed by atoms with Crippen molar-refractivity contribution in [2.24, 2.45) is 7.05 Å². The molecule has 0 fully saturated rings. The molecule has 0 saturated heterocycles. The molecule has 0 atom stereocenters. The number of benzene rings is 1. The van der Waals surface area contributed by atoms with E-state index in [1.54, 1.807) is 37.6 Å². The van der Waals surface area contributed by atoms with Gasteiger partial charge in [0.15, 0.2) is 5.16 Å². The minimum atomic E-state index is -0.0838. The fraction of sp³-hybridized carbons (Fsp3) is 0.176. The highest BCUT2D eigenvalue weighted by Crippen LogP contribution is 2.18. The van der Waals surface area contributed by atoms with E-state index in [1.165, 1.54) is 16.3 Å². The number of fused-ring (bicyclic) bond motifs is 1. The second-order valence-electron chi connectivity index (χ2n) is 5.16. The van der Waals surface area contributed by atoms with Gasteiger partial charge in [0.05, 0.1) is 10.9 Å². The largest absolute Gasteiger partial charge is 0.326 e. The van der Waals surface area contributed by atoms with Gasteiger partial charge in [0, 0.05) is 37.3 Å². The molecule has 2 heterocycles. The zero-order valence-corrected chi connectivity index (χ0v) is 13.9. The van der Waals surface area contributed by atoms with Crippen molar-refractivity contribution < 1.29 is 4.79 Å². The van der Waals surface area contributed by atoms with E-state index in [1.807, 2.05) is 18.2 Å². The average Bonchev–Trinajstić information content (AvgIpc) is 2.60. The van der Waals surface area contributed by atoms with Gasteiger partial charge in [-0.3, -0.25) is 19.1 Å². The quantitative estimate of drug-likeness (QED) is 0.570. The van der Waals surface area contributed by atoms with E-state index in [9.17, 15) is 9.59 Å². The van der Waals surface area contributed by atoms with Gasteiger partial charge in [-0.1, -0.05) is 23.9 Å². The van der Waals surface area contributed by atoms with Crippen LogP contribution in [0.3, 0.4) is 0 Å². The molecular formula is C17H16N4O2S. The van der Waals surface area contributed by atoms with E-state index < -0.39 is 0 Å². The van der Waals surface area contributed by atoms with E-state index in [0.717, 1.165) is 5.69 Å². The maximum atomic E-state index is 12.3. The first kappa shape index (κ1) is 16.2. The topological polar surface area (TPSA) is 76.9 Å². The highest BCUT2D eigenvalue weighted by Gasteiger charge is 2.09. The summed E-state index contributed by atoms with van der Waals surface area (Å²) in [7, 11) is 1.70. The van der Waals surface area contributed by atoms with Crippen LogP contribution >= 0.6 is 11.8 Å². The van der Waals surface area contributed by atoms with E-state index in [0.29, 0.717) is 28.2 Å². The lowest BCUT2D eigenvalue weighted by Gasteiger charge is -2.08. The van der Waals surface area contributed by atoms with E-state index in [4.69, 9.17) is 0 Å². The number of carbonyl (C=O) groups is 1. The second-order valence-corrected chi connectivity index (χ2v) is 6.22. The van der Waals surface area contributed by atoms with Gasteiger partial charge in [0.2, 0.25) is 5.91 Å². The number of hydrogen-bond acceptors (Lipinski definition) is 5. The summed E-state index contributed by atoms with van der Waals surface area (Å²) in [6.07, 6.45) is 3.58. The van der Waals surface area contributed by atoms with Gasteiger partial charge in [-0.15, -0.1) is 0 Å². The number of carbonyl (C=O) groups excluding carboxylic acids is 1. The zero-order chi connectivity index (χ0) is 16.9. The van der Waals surface area contributed by atoms with Crippen molar-refractivity contribution >= 4 is 34.3 Å². The maximum Gasteiger partial charge on any atom is 0.261 e. The van der Waals surface area contributed by atoms with Crippen molar-refractivity contribution in [2.45, 2.75) is 11.6 Å². The van der Waals surface area contributed by atoms with Crippen LogP contribution in [0.15, 0.2) is 58.7 Å². The monoisotopic (exact) mass is 340 g/mol.